The quantitative estimate of drug-likeness (QED) is 0.332. The molecule has 0 spiro atoms. The molecule has 0 aromatic heterocycles. The molecular weight excluding hydrogens is 335 g/mol. The third-order valence-corrected chi connectivity index (χ3v) is 3.68. The van der Waals surface area contributed by atoms with Crippen LogP contribution in [0.25, 0.3) is 0 Å². The molecule has 0 aliphatic heterocycles. The van der Waals surface area contributed by atoms with Gasteiger partial charge in [-0.3, -0.25) is 4.79 Å². The van der Waals surface area contributed by atoms with Gasteiger partial charge in [0.15, 0.2) is 5.78 Å². The van der Waals surface area contributed by atoms with Crippen LogP contribution >= 0.6 is 11.6 Å². The van der Waals surface area contributed by atoms with Crippen LogP contribution in [0.15, 0.2) is 48.5 Å². The van der Waals surface area contributed by atoms with Gasteiger partial charge < -0.3 is 28.6 Å². The average molecular weight is 355 g/mol. The van der Waals surface area contributed by atoms with Gasteiger partial charge in [-0.05, 0) is 29.8 Å². The van der Waals surface area contributed by atoms with E-state index >= 15 is 0 Å². The van der Waals surface area contributed by atoms with Gasteiger partial charge in [-0.15, -0.1) is 0 Å². The van der Waals surface area contributed by atoms with Gasteiger partial charge in [-0.1, -0.05) is 35.9 Å². The number of quaternary nitrogens is 1. The second-order valence-electron chi connectivity index (χ2n) is 5.18. The number of hydrogen-bond donors (Lipinski definition) is 3. The van der Waals surface area contributed by atoms with Crippen LogP contribution in [-0.4, -0.2) is 24.0 Å². The van der Waals surface area contributed by atoms with E-state index in [-0.39, 0.29) is 18.2 Å². The summed E-state index contributed by atoms with van der Waals surface area (Å²) >= 11 is 5.81. The number of benzene rings is 2. The number of anilines is 1. The van der Waals surface area contributed by atoms with Crippen molar-refractivity contribution < 1.29 is 27.6 Å². The van der Waals surface area contributed by atoms with Gasteiger partial charge in [0.1, 0.15) is 12.6 Å². The van der Waals surface area contributed by atoms with Crippen LogP contribution in [0.4, 0.5) is 5.69 Å². The van der Waals surface area contributed by atoms with Crippen LogP contribution in [0, 0.1) is 0 Å². The summed E-state index contributed by atoms with van der Waals surface area (Å²) in [6.07, 6.45) is -0.156. The van der Waals surface area contributed by atoms with Gasteiger partial charge in [0.05, 0.1) is 13.0 Å². The molecular formula is C17H20Cl2N2O2. The molecule has 0 saturated carbocycles. The van der Waals surface area contributed by atoms with E-state index in [1.54, 1.807) is 48.5 Å². The fraction of sp³-hybridized carbons (Fsp3) is 0.235. The Morgan fingerprint density at radius 1 is 1.22 bits per heavy atom. The number of aliphatic hydroxyl groups excluding tert-OH is 1. The number of nitrogens with two attached hydrogens (primary N) is 2. The predicted molar refractivity (Wildman–Crippen MR) is 87.9 cm³/mol. The van der Waals surface area contributed by atoms with Crippen molar-refractivity contribution in [1.82, 2.24) is 0 Å². The van der Waals surface area contributed by atoms with E-state index in [1.807, 2.05) is 5.32 Å². The van der Waals surface area contributed by atoms with E-state index in [4.69, 9.17) is 17.3 Å². The second kappa shape index (κ2) is 9.53. The minimum Gasteiger partial charge on any atom is -1.00 e. The Bertz CT molecular complexity index is 633. The standard InChI is InChI=1S/C17H19ClN2O2.ClH/c18-14-6-4-12(5-7-14)17(22)11-20-9-8-16(21)13-2-1-3-15(19)10-13;/h1-7,10,17,20,22H,8-9,11,19H2;1H. The number of hydrogen-bond acceptors (Lipinski definition) is 3. The molecule has 0 saturated heterocycles. The number of carbonyl (C=O) groups excluding carboxylic acids is 1. The lowest BCUT2D eigenvalue weighted by atomic mass is 10.1. The lowest BCUT2D eigenvalue weighted by Gasteiger charge is -2.10. The maximum absolute atomic E-state index is 12.0. The van der Waals surface area contributed by atoms with Crippen molar-refractivity contribution in [3.05, 3.63) is 64.7 Å². The first-order chi connectivity index (χ1) is 10.6. The van der Waals surface area contributed by atoms with E-state index < -0.39 is 6.10 Å². The average Bonchev–Trinajstić information content (AvgIpc) is 2.51. The van der Waals surface area contributed by atoms with E-state index in [9.17, 15) is 9.90 Å². The minimum absolute atomic E-state index is 0. The van der Waals surface area contributed by atoms with Crippen molar-refractivity contribution in [3.8, 4) is 0 Å². The summed E-state index contributed by atoms with van der Waals surface area (Å²) < 4.78 is 0. The van der Waals surface area contributed by atoms with Gasteiger partial charge in [0.2, 0.25) is 0 Å². The van der Waals surface area contributed by atoms with Crippen molar-refractivity contribution in [3.63, 3.8) is 0 Å². The van der Waals surface area contributed by atoms with Crippen LogP contribution in [-0.2, 0) is 0 Å². The molecule has 2 aromatic carbocycles. The Morgan fingerprint density at radius 3 is 2.57 bits per heavy atom. The van der Waals surface area contributed by atoms with E-state index in [1.165, 1.54) is 0 Å². The number of carbonyl (C=O) groups is 1. The summed E-state index contributed by atoms with van der Waals surface area (Å²) in [6, 6.07) is 14.1. The van der Waals surface area contributed by atoms with E-state index in [0.29, 0.717) is 35.8 Å². The molecule has 1 atom stereocenters. The van der Waals surface area contributed by atoms with Crippen LogP contribution < -0.4 is 23.5 Å². The van der Waals surface area contributed by atoms with Crippen molar-refractivity contribution in [2.75, 3.05) is 18.8 Å². The predicted octanol–water partition coefficient (Wildman–Crippen LogP) is -1.20. The molecule has 1 unspecified atom stereocenters. The molecule has 0 aliphatic carbocycles. The smallest absolute Gasteiger partial charge is 0.168 e. The highest BCUT2D eigenvalue weighted by Crippen LogP contribution is 2.15. The number of aliphatic hydroxyl groups is 1. The Kier molecular flexibility index (Phi) is 8.06. The van der Waals surface area contributed by atoms with Crippen molar-refractivity contribution in [1.29, 1.82) is 0 Å². The van der Waals surface area contributed by atoms with Crippen LogP contribution in [0.3, 0.4) is 0 Å². The molecule has 6 heteroatoms. The molecule has 0 amide bonds. The highest BCUT2D eigenvalue weighted by molar-refractivity contribution is 6.30. The minimum atomic E-state index is -0.570. The zero-order valence-corrected chi connectivity index (χ0v) is 14.1. The van der Waals surface area contributed by atoms with Crippen LogP contribution in [0.2, 0.25) is 5.02 Å². The van der Waals surface area contributed by atoms with Crippen LogP contribution in [0.5, 0.6) is 0 Å². The summed E-state index contributed by atoms with van der Waals surface area (Å²) in [4.78, 5) is 12.0. The Morgan fingerprint density at radius 2 is 1.91 bits per heavy atom. The topological polar surface area (TPSA) is 79.9 Å². The monoisotopic (exact) mass is 354 g/mol. The van der Waals surface area contributed by atoms with Gasteiger partial charge in [-0.25, -0.2) is 0 Å². The van der Waals surface area contributed by atoms with Crippen LogP contribution in [0.1, 0.15) is 28.4 Å². The first kappa shape index (κ1) is 19.5. The lowest BCUT2D eigenvalue weighted by molar-refractivity contribution is -0.660. The summed E-state index contributed by atoms with van der Waals surface area (Å²) in [7, 11) is 0. The van der Waals surface area contributed by atoms with Gasteiger partial charge >= 0.3 is 0 Å². The zero-order chi connectivity index (χ0) is 15.9. The maximum Gasteiger partial charge on any atom is 0.168 e. The van der Waals surface area contributed by atoms with E-state index in [0.717, 1.165) is 5.56 Å². The molecule has 0 bridgehead atoms. The number of Topliss-reactive ketones (excluding diaryl/α,β-unsaturated/α-hetero) is 1. The first-order valence-corrected chi connectivity index (χ1v) is 7.58. The Hall–Kier alpha value is -1.59. The van der Waals surface area contributed by atoms with E-state index in [2.05, 4.69) is 0 Å². The largest absolute Gasteiger partial charge is 1.00 e. The molecule has 23 heavy (non-hydrogen) atoms. The van der Waals surface area contributed by atoms with Crippen molar-refractivity contribution >= 4 is 23.1 Å². The third kappa shape index (κ3) is 6.20. The van der Waals surface area contributed by atoms with Gasteiger partial charge in [0, 0.05) is 16.3 Å². The fourth-order valence-electron chi connectivity index (χ4n) is 2.19. The molecule has 0 radical (unpaired) electrons. The molecule has 0 heterocycles. The van der Waals surface area contributed by atoms with Crippen molar-refractivity contribution in [2.45, 2.75) is 12.5 Å². The molecule has 5 N–H and O–H groups in total. The molecule has 2 rings (SSSR count). The summed E-state index contributed by atoms with van der Waals surface area (Å²) in [5, 5.41) is 12.6. The number of ketones is 1. The number of halogens is 2. The number of rotatable bonds is 7. The molecule has 4 nitrogen and oxygen atoms in total. The summed E-state index contributed by atoms with van der Waals surface area (Å²) in [5.74, 6) is 0.0598. The first-order valence-electron chi connectivity index (χ1n) is 7.20. The maximum atomic E-state index is 12.0. The fourth-order valence-corrected chi connectivity index (χ4v) is 2.31. The van der Waals surface area contributed by atoms with Gasteiger partial charge in [0.25, 0.3) is 0 Å². The third-order valence-electron chi connectivity index (χ3n) is 3.43. The highest BCUT2D eigenvalue weighted by Gasteiger charge is 2.11. The summed E-state index contributed by atoms with van der Waals surface area (Å²) in [6.45, 7) is 1.13. The molecule has 0 fully saturated rings. The zero-order valence-electron chi connectivity index (χ0n) is 12.6. The Labute approximate surface area is 147 Å². The van der Waals surface area contributed by atoms with Gasteiger partial charge in [-0.2, -0.15) is 0 Å². The lowest BCUT2D eigenvalue weighted by Crippen LogP contribution is -3.00. The molecule has 124 valence electrons. The number of nitrogen functional groups attached to an aromatic ring is 1. The highest BCUT2D eigenvalue weighted by atomic mass is 35.5. The van der Waals surface area contributed by atoms with Crippen molar-refractivity contribution in [2.24, 2.45) is 0 Å². The summed E-state index contributed by atoms with van der Waals surface area (Å²) in [5.41, 5.74) is 7.71. The molecule has 0 aliphatic rings. The molecule has 2 aromatic rings. The Balaban J connectivity index is 0.00000264. The normalized spacial score (nSPS) is 11.6. The second-order valence-corrected chi connectivity index (χ2v) is 5.62. The SMILES string of the molecule is Nc1cccc(C(=O)CC[NH2+]CC(O)c2ccc(Cl)cc2)c1.[Cl-].